The number of hydrogen-bond donors (Lipinski definition) is 2. The van der Waals surface area contributed by atoms with Crippen LogP contribution >= 0.6 is 12.2 Å². The fourth-order valence-electron chi connectivity index (χ4n) is 2.51. The van der Waals surface area contributed by atoms with Crippen molar-refractivity contribution in [1.29, 1.82) is 0 Å². The van der Waals surface area contributed by atoms with Gasteiger partial charge in [0.05, 0.1) is 6.61 Å². The van der Waals surface area contributed by atoms with Gasteiger partial charge in [-0.2, -0.15) is 0 Å². The van der Waals surface area contributed by atoms with Crippen LogP contribution in [-0.2, 0) is 4.74 Å². The highest BCUT2D eigenvalue weighted by atomic mass is 32.1. The molecule has 6 nitrogen and oxygen atoms in total. The minimum absolute atomic E-state index is 0.105. The molecule has 1 heterocycles. The zero-order valence-electron chi connectivity index (χ0n) is 14.1. The summed E-state index contributed by atoms with van der Waals surface area (Å²) in [6.45, 7) is 3.25. The quantitative estimate of drug-likeness (QED) is 0.767. The summed E-state index contributed by atoms with van der Waals surface area (Å²) in [6, 6.07) is 5.40. The summed E-state index contributed by atoms with van der Waals surface area (Å²) in [5.74, 6) is -0.298. The minimum Gasteiger partial charge on any atom is -0.450 e. The molecule has 26 heavy (non-hydrogen) atoms. The minimum atomic E-state index is -4.72. The zero-order valence-corrected chi connectivity index (χ0v) is 15.0. The van der Waals surface area contributed by atoms with Crippen LogP contribution in [0.15, 0.2) is 24.3 Å². The molecule has 0 unspecified atom stereocenters. The molecule has 0 aromatic heterocycles. The number of halogens is 3. The molecule has 0 radical (unpaired) electrons. The summed E-state index contributed by atoms with van der Waals surface area (Å²) in [5, 5.41) is 6.42. The predicted octanol–water partition coefficient (Wildman–Crippen LogP) is 3.49. The normalized spacial score (nSPS) is 15.3. The van der Waals surface area contributed by atoms with Gasteiger partial charge in [0.2, 0.25) is 0 Å². The Morgan fingerprint density at radius 3 is 2.42 bits per heavy atom. The number of nitrogens with one attached hydrogen (secondary N) is 2. The van der Waals surface area contributed by atoms with Crippen LogP contribution in [0.5, 0.6) is 5.75 Å². The fraction of sp³-hybridized carbons (Fsp3) is 0.500. The van der Waals surface area contributed by atoms with E-state index in [4.69, 9.17) is 17.0 Å². The topological polar surface area (TPSA) is 62.8 Å². The van der Waals surface area contributed by atoms with Gasteiger partial charge in [0.15, 0.2) is 5.11 Å². The number of carbonyl (C=O) groups excluding carboxylic acids is 1. The van der Waals surface area contributed by atoms with Crippen LogP contribution in [0, 0.1) is 0 Å². The van der Waals surface area contributed by atoms with E-state index in [1.165, 1.54) is 24.3 Å². The van der Waals surface area contributed by atoms with Gasteiger partial charge in [-0.05, 0) is 56.2 Å². The van der Waals surface area contributed by atoms with Gasteiger partial charge in [0.1, 0.15) is 5.75 Å². The van der Waals surface area contributed by atoms with Crippen LogP contribution in [0.2, 0.25) is 0 Å². The number of amides is 1. The first-order valence-corrected chi connectivity index (χ1v) is 8.52. The highest BCUT2D eigenvalue weighted by molar-refractivity contribution is 7.80. The van der Waals surface area contributed by atoms with Gasteiger partial charge in [0, 0.05) is 24.8 Å². The molecule has 0 atom stereocenters. The lowest BCUT2D eigenvalue weighted by atomic mass is 10.1. The van der Waals surface area contributed by atoms with Gasteiger partial charge in [-0.15, -0.1) is 13.2 Å². The number of piperidine rings is 1. The average Bonchev–Trinajstić information content (AvgIpc) is 2.56. The summed E-state index contributed by atoms with van der Waals surface area (Å²) < 4.78 is 45.2. The van der Waals surface area contributed by atoms with Crippen LogP contribution < -0.4 is 15.4 Å². The van der Waals surface area contributed by atoms with Gasteiger partial charge in [-0.3, -0.25) is 0 Å². The molecule has 1 fully saturated rings. The molecular weight excluding hydrogens is 371 g/mol. The van der Waals surface area contributed by atoms with Crippen molar-refractivity contribution in [1.82, 2.24) is 10.2 Å². The Labute approximate surface area is 154 Å². The molecule has 1 aromatic rings. The Bertz CT molecular complexity index is 617. The summed E-state index contributed by atoms with van der Waals surface area (Å²) >= 11 is 5.22. The fourth-order valence-corrected chi connectivity index (χ4v) is 2.80. The SMILES string of the molecule is CCOC(=O)N1CCC(NC(=S)Nc2ccc(OC(F)(F)F)cc2)CC1. The number of likely N-dealkylation sites (tertiary alicyclic amines) is 1. The maximum Gasteiger partial charge on any atom is 0.573 e. The van der Waals surface area contributed by atoms with Crippen molar-refractivity contribution < 1.29 is 27.4 Å². The van der Waals surface area contributed by atoms with E-state index < -0.39 is 6.36 Å². The second kappa shape index (κ2) is 8.93. The summed E-state index contributed by atoms with van der Waals surface area (Å²) in [7, 11) is 0. The van der Waals surface area contributed by atoms with Crippen molar-refractivity contribution in [2.45, 2.75) is 32.2 Å². The van der Waals surface area contributed by atoms with Crippen LogP contribution in [-0.4, -0.2) is 48.2 Å². The number of hydrogen-bond acceptors (Lipinski definition) is 4. The maximum atomic E-state index is 12.1. The third-order valence-electron chi connectivity index (χ3n) is 3.70. The van der Waals surface area contributed by atoms with E-state index in [0.29, 0.717) is 30.5 Å². The molecule has 0 bridgehead atoms. The van der Waals surface area contributed by atoms with E-state index in [1.807, 2.05) is 0 Å². The van der Waals surface area contributed by atoms with Crippen molar-refractivity contribution in [2.75, 3.05) is 25.0 Å². The monoisotopic (exact) mass is 391 g/mol. The molecule has 0 spiro atoms. The number of carbonyl (C=O) groups is 1. The first-order valence-electron chi connectivity index (χ1n) is 8.12. The molecule has 1 amide bonds. The van der Waals surface area contributed by atoms with E-state index in [9.17, 15) is 18.0 Å². The van der Waals surface area contributed by atoms with Crippen LogP contribution in [0.4, 0.5) is 23.7 Å². The molecule has 2 rings (SSSR count). The lowest BCUT2D eigenvalue weighted by Crippen LogP contribution is -2.47. The number of benzene rings is 1. The third kappa shape index (κ3) is 6.58. The maximum absolute atomic E-state index is 12.1. The lowest BCUT2D eigenvalue weighted by molar-refractivity contribution is -0.274. The standard InChI is InChI=1S/C16H20F3N3O3S/c1-2-24-15(23)22-9-7-12(8-10-22)21-14(26)20-11-3-5-13(6-4-11)25-16(17,18)19/h3-6,12H,2,7-10H2,1H3,(H2,20,21,26). The second-order valence-electron chi connectivity index (χ2n) is 5.63. The molecule has 144 valence electrons. The molecule has 1 aliphatic heterocycles. The molecular formula is C16H20F3N3O3S. The number of alkyl halides is 3. The number of rotatable bonds is 4. The lowest BCUT2D eigenvalue weighted by Gasteiger charge is -2.32. The van der Waals surface area contributed by atoms with Crippen molar-refractivity contribution >= 4 is 29.1 Å². The third-order valence-corrected chi connectivity index (χ3v) is 3.92. The van der Waals surface area contributed by atoms with E-state index in [-0.39, 0.29) is 17.9 Å². The highest BCUT2D eigenvalue weighted by Crippen LogP contribution is 2.24. The zero-order chi connectivity index (χ0) is 19.2. The average molecular weight is 391 g/mol. The summed E-state index contributed by atoms with van der Waals surface area (Å²) in [6.07, 6.45) is -3.59. The van der Waals surface area contributed by atoms with Crippen molar-refractivity contribution in [3.63, 3.8) is 0 Å². The number of nitrogens with zero attached hydrogens (tertiary/aromatic N) is 1. The molecule has 1 aromatic carbocycles. The highest BCUT2D eigenvalue weighted by Gasteiger charge is 2.31. The van der Waals surface area contributed by atoms with Gasteiger partial charge in [-0.25, -0.2) is 4.79 Å². The number of thiocarbonyl (C=S) groups is 1. The van der Waals surface area contributed by atoms with Crippen molar-refractivity contribution in [3.05, 3.63) is 24.3 Å². The molecule has 2 N–H and O–H groups in total. The van der Waals surface area contributed by atoms with Crippen LogP contribution in [0.1, 0.15) is 19.8 Å². The largest absolute Gasteiger partial charge is 0.573 e. The number of anilines is 1. The summed E-state index contributed by atoms with van der Waals surface area (Å²) in [4.78, 5) is 13.3. The van der Waals surface area contributed by atoms with E-state index >= 15 is 0 Å². The van der Waals surface area contributed by atoms with E-state index in [1.54, 1.807) is 11.8 Å². The summed E-state index contributed by atoms with van der Waals surface area (Å²) in [5.41, 5.74) is 0.543. The van der Waals surface area contributed by atoms with Gasteiger partial charge in [-0.1, -0.05) is 0 Å². The Morgan fingerprint density at radius 1 is 1.27 bits per heavy atom. The van der Waals surface area contributed by atoms with Crippen LogP contribution in [0.3, 0.4) is 0 Å². The van der Waals surface area contributed by atoms with Crippen molar-refractivity contribution in [3.8, 4) is 5.75 Å². The Balaban J connectivity index is 1.76. The molecule has 10 heteroatoms. The Hall–Kier alpha value is -2.23. The molecule has 1 saturated heterocycles. The Kier molecular flexibility index (Phi) is 6.90. The molecule has 0 aliphatic carbocycles. The van der Waals surface area contributed by atoms with Gasteiger partial charge in [0.25, 0.3) is 0 Å². The van der Waals surface area contributed by atoms with E-state index in [2.05, 4.69) is 15.4 Å². The van der Waals surface area contributed by atoms with Gasteiger partial charge >= 0.3 is 12.5 Å². The second-order valence-corrected chi connectivity index (χ2v) is 6.04. The van der Waals surface area contributed by atoms with Crippen molar-refractivity contribution in [2.24, 2.45) is 0 Å². The van der Waals surface area contributed by atoms with E-state index in [0.717, 1.165) is 12.8 Å². The number of ether oxygens (including phenoxy) is 2. The molecule has 1 aliphatic rings. The van der Waals surface area contributed by atoms with Gasteiger partial charge < -0.3 is 25.0 Å². The smallest absolute Gasteiger partial charge is 0.450 e. The Morgan fingerprint density at radius 2 is 1.88 bits per heavy atom. The first-order chi connectivity index (χ1) is 12.3. The molecule has 0 saturated carbocycles. The first kappa shape index (κ1) is 20.1. The van der Waals surface area contributed by atoms with Crippen LogP contribution in [0.25, 0.3) is 0 Å². The predicted molar refractivity (Wildman–Crippen MR) is 94.1 cm³/mol.